The molecular weight excluding hydrogens is 252 g/mol. The van der Waals surface area contributed by atoms with E-state index in [1.165, 1.54) is 0 Å². The van der Waals surface area contributed by atoms with Gasteiger partial charge in [0.15, 0.2) is 0 Å². The van der Waals surface area contributed by atoms with Crippen molar-refractivity contribution in [2.75, 3.05) is 13.2 Å². The van der Waals surface area contributed by atoms with E-state index in [0.717, 1.165) is 17.7 Å². The van der Waals surface area contributed by atoms with Gasteiger partial charge in [-0.25, -0.2) is 0 Å². The van der Waals surface area contributed by atoms with E-state index in [1.54, 1.807) is 0 Å². The predicted molar refractivity (Wildman–Crippen MR) is 79.6 cm³/mol. The zero-order valence-corrected chi connectivity index (χ0v) is 12.5. The lowest BCUT2D eigenvalue weighted by Gasteiger charge is -2.35. The average molecular weight is 276 g/mol. The first-order chi connectivity index (χ1) is 9.46. The number of carbonyl (C=O) groups excluding carboxylic acids is 1. The van der Waals surface area contributed by atoms with E-state index in [-0.39, 0.29) is 23.3 Å². The quantitative estimate of drug-likeness (QED) is 0.880. The van der Waals surface area contributed by atoms with Gasteiger partial charge < -0.3 is 15.8 Å². The van der Waals surface area contributed by atoms with Gasteiger partial charge >= 0.3 is 0 Å². The van der Waals surface area contributed by atoms with Gasteiger partial charge in [0.2, 0.25) is 5.91 Å². The Morgan fingerprint density at radius 1 is 1.50 bits per heavy atom. The lowest BCUT2D eigenvalue weighted by atomic mass is 9.87. The highest BCUT2D eigenvalue weighted by Gasteiger charge is 2.33. The number of para-hydroxylation sites is 1. The third kappa shape index (κ3) is 2.96. The van der Waals surface area contributed by atoms with Crippen LogP contribution in [0.25, 0.3) is 0 Å². The van der Waals surface area contributed by atoms with Crippen LogP contribution in [0, 0.1) is 11.8 Å². The van der Waals surface area contributed by atoms with Crippen molar-refractivity contribution in [2.45, 2.75) is 32.7 Å². The van der Waals surface area contributed by atoms with Crippen LogP contribution < -0.4 is 15.8 Å². The molecule has 1 aliphatic rings. The molecule has 0 aliphatic carbocycles. The third-order valence-electron chi connectivity index (χ3n) is 4.36. The van der Waals surface area contributed by atoms with Gasteiger partial charge in [-0.05, 0) is 30.9 Å². The molecule has 0 radical (unpaired) electrons. The minimum Gasteiger partial charge on any atom is -0.492 e. The number of rotatable bonds is 4. The maximum atomic E-state index is 12.4. The van der Waals surface area contributed by atoms with E-state index < -0.39 is 0 Å². The summed E-state index contributed by atoms with van der Waals surface area (Å²) in [6.07, 6.45) is 0.723. The van der Waals surface area contributed by atoms with Gasteiger partial charge in [-0.1, -0.05) is 32.0 Å². The maximum Gasteiger partial charge on any atom is 0.227 e. The Morgan fingerprint density at radius 2 is 2.20 bits per heavy atom. The van der Waals surface area contributed by atoms with Crippen molar-refractivity contribution in [3.8, 4) is 5.75 Å². The molecule has 1 aliphatic heterocycles. The van der Waals surface area contributed by atoms with Crippen LogP contribution in [-0.4, -0.2) is 24.6 Å². The molecule has 3 N–H and O–H groups in total. The van der Waals surface area contributed by atoms with Crippen molar-refractivity contribution < 1.29 is 9.53 Å². The normalized spacial score (nSPS) is 20.8. The van der Waals surface area contributed by atoms with Crippen LogP contribution in [0.3, 0.4) is 0 Å². The summed E-state index contributed by atoms with van der Waals surface area (Å²) in [6.45, 7) is 7.00. The number of nitrogens with two attached hydrogens (primary N) is 1. The fourth-order valence-electron chi connectivity index (χ4n) is 2.31. The highest BCUT2D eigenvalue weighted by atomic mass is 16.5. The van der Waals surface area contributed by atoms with E-state index in [0.29, 0.717) is 13.2 Å². The van der Waals surface area contributed by atoms with Crippen LogP contribution >= 0.6 is 0 Å². The molecule has 2 atom stereocenters. The second-order valence-corrected chi connectivity index (χ2v) is 6.09. The number of hydrogen-bond acceptors (Lipinski definition) is 3. The summed E-state index contributed by atoms with van der Waals surface area (Å²) >= 11 is 0. The van der Waals surface area contributed by atoms with Crippen LogP contribution in [0.4, 0.5) is 0 Å². The largest absolute Gasteiger partial charge is 0.492 e. The first-order valence-corrected chi connectivity index (χ1v) is 7.19. The van der Waals surface area contributed by atoms with Crippen molar-refractivity contribution in [1.29, 1.82) is 0 Å². The van der Waals surface area contributed by atoms with Crippen LogP contribution in [0.5, 0.6) is 5.75 Å². The first-order valence-electron chi connectivity index (χ1n) is 7.19. The molecule has 4 heteroatoms. The second-order valence-electron chi connectivity index (χ2n) is 6.09. The Hall–Kier alpha value is -1.55. The second kappa shape index (κ2) is 5.83. The number of fused-ring (bicyclic) bond motifs is 1. The van der Waals surface area contributed by atoms with E-state index in [4.69, 9.17) is 10.5 Å². The number of nitrogens with one attached hydrogen (secondary N) is 1. The summed E-state index contributed by atoms with van der Waals surface area (Å²) in [7, 11) is 0. The summed E-state index contributed by atoms with van der Waals surface area (Å²) in [5.41, 5.74) is 6.54. The molecule has 0 saturated heterocycles. The van der Waals surface area contributed by atoms with Crippen LogP contribution in [0.1, 0.15) is 26.3 Å². The Kier molecular flexibility index (Phi) is 4.33. The van der Waals surface area contributed by atoms with Crippen LogP contribution in [0.2, 0.25) is 0 Å². The average Bonchev–Trinajstić information content (AvgIpc) is 2.46. The number of hydrogen-bond donors (Lipinski definition) is 2. The van der Waals surface area contributed by atoms with Gasteiger partial charge in [-0.2, -0.15) is 0 Å². The lowest BCUT2D eigenvalue weighted by Crippen LogP contribution is -2.57. The number of amides is 1. The van der Waals surface area contributed by atoms with Crippen molar-refractivity contribution in [3.05, 3.63) is 29.8 Å². The Morgan fingerprint density at radius 3 is 2.85 bits per heavy atom. The van der Waals surface area contributed by atoms with E-state index in [2.05, 4.69) is 19.2 Å². The zero-order chi connectivity index (χ0) is 14.8. The number of benzene rings is 1. The molecule has 0 spiro atoms. The Bertz CT molecular complexity index is 487. The molecule has 2 rings (SSSR count). The minimum atomic E-state index is -0.367. The molecule has 20 heavy (non-hydrogen) atoms. The topological polar surface area (TPSA) is 64.3 Å². The summed E-state index contributed by atoms with van der Waals surface area (Å²) in [5.74, 6) is 1.06. The van der Waals surface area contributed by atoms with Gasteiger partial charge in [0.05, 0.1) is 11.5 Å². The van der Waals surface area contributed by atoms with Crippen molar-refractivity contribution in [2.24, 2.45) is 17.6 Å². The smallest absolute Gasteiger partial charge is 0.227 e. The van der Waals surface area contributed by atoms with E-state index >= 15 is 0 Å². The molecule has 2 unspecified atom stereocenters. The minimum absolute atomic E-state index is 0.0288. The summed E-state index contributed by atoms with van der Waals surface area (Å²) in [4.78, 5) is 12.4. The fraction of sp³-hybridized carbons (Fsp3) is 0.562. The van der Waals surface area contributed by atoms with Gasteiger partial charge in [0.1, 0.15) is 12.4 Å². The maximum absolute atomic E-state index is 12.4. The summed E-state index contributed by atoms with van der Waals surface area (Å²) in [5, 5.41) is 3.10. The van der Waals surface area contributed by atoms with Gasteiger partial charge in [0, 0.05) is 6.54 Å². The standard InChI is InChI=1S/C16H24N2O2/c1-11(2)16(3,10-17)18-15(19)13-8-12-6-4-5-7-14(12)20-9-13/h4-7,11,13H,8-10,17H2,1-3H3,(H,18,19). The van der Waals surface area contributed by atoms with Crippen molar-refractivity contribution in [3.63, 3.8) is 0 Å². The van der Waals surface area contributed by atoms with E-state index in [1.807, 2.05) is 31.2 Å². The molecule has 4 nitrogen and oxygen atoms in total. The highest BCUT2D eigenvalue weighted by molar-refractivity contribution is 5.80. The number of carbonyl (C=O) groups is 1. The first kappa shape index (κ1) is 14.9. The summed E-state index contributed by atoms with van der Waals surface area (Å²) in [6, 6.07) is 7.88. The van der Waals surface area contributed by atoms with Crippen LogP contribution in [0.15, 0.2) is 24.3 Å². The fourth-order valence-corrected chi connectivity index (χ4v) is 2.31. The Balaban J connectivity index is 2.05. The molecule has 0 aromatic heterocycles. The summed E-state index contributed by atoms with van der Waals surface area (Å²) < 4.78 is 5.67. The molecule has 1 aromatic carbocycles. The third-order valence-corrected chi connectivity index (χ3v) is 4.36. The molecule has 110 valence electrons. The van der Waals surface area contributed by atoms with E-state index in [9.17, 15) is 4.79 Å². The van der Waals surface area contributed by atoms with Gasteiger partial charge in [-0.3, -0.25) is 4.79 Å². The molecule has 1 heterocycles. The SMILES string of the molecule is CC(C)C(C)(CN)NC(=O)C1COc2ccccc2C1. The van der Waals surface area contributed by atoms with Gasteiger partial charge in [0.25, 0.3) is 0 Å². The highest BCUT2D eigenvalue weighted by Crippen LogP contribution is 2.27. The Labute approximate surface area is 120 Å². The number of ether oxygens (including phenoxy) is 1. The molecule has 1 aromatic rings. The van der Waals surface area contributed by atoms with Crippen LogP contribution in [-0.2, 0) is 11.2 Å². The molecular formula is C16H24N2O2. The molecule has 0 saturated carbocycles. The molecule has 0 fully saturated rings. The zero-order valence-electron chi connectivity index (χ0n) is 12.5. The monoisotopic (exact) mass is 276 g/mol. The molecule has 1 amide bonds. The molecule has 0 bridgehead atoms. The lowest BCUT2D eigenvalue weighted by molar-refractivity contribution is -0.128. The van der Waals surface area contributed by atoms with Crippen molar-refractivity contribution >= 4 is 5.91 Å². The predicted octanol–water partition coefficient (Wildman–Crippen LogP) is 1.73. The van der Waals surface area contributed by atoms with Crippen molar-refractivity contribution in [1.82, 2.24) is 5.32 Å². The van der Waals surface area contributed by atoms with Gasteiger partial charge in [-0.15, -0.1) is 0 Å².